The molecule has 0 radical (unpaired) electrons. The van der Waals surface area contributed by atoms with E-state index in [1.54, 1.807) is 20.8 Å². The molecular formula is C21H28ClN3O4. The summed E-state index contributed by atoms with van der Waals surface area (Å²) in [5.41, 5.74) is 0.552. The van der Waals surface area contributed by atoms with Gasteiger partial charge >= 0.3 is 6.09 Å². The fourth-order valence-corrected chi connectivity index (χ4v) is 2.80. The van der Waals surface area contributed by atoms with E-state index >= 15 is 0 Å². The summed E-state index contributed by atoms with van der Waals surface area (Å²) in [7, 11) is 0. The van der Waals surface area contributed by atoms with Crippen LogP contribution in [0.1, 0.15) is 50.7 Å². The monoisotopic (exact) mass is 421 g/mol. The van der Waals surface area contributed by atoms with Gasteiger partial charge in [0.15, 0.2) is 6.29 Å². The number of hydrogen-bond acceptors (Lipinski definition) is 5. The Hall–Kier alpha value is -2.54. The van der Waals surface area contributed by atoms with Crippen molar-refractivity contribution in [3.63, 3.8) is 0 Å². The summed E-state index contributed by atoms with van der Waals surface area (Å²) in [5.74, 6) is 0.246. The van der Waals surface area contributed by atoms with E-state index in [1.807, 2.05) is 44.2 Å². The highest BCUT2D eigenvalue weighted by atomic mass is 35.5. The molecule has 0 aliphatic rings. The van der Waals surface area contributed by atoms with E-state index in [0.717, 1.165) is 5.56 Å². The molecule has 29 heavy (non-hydrogen) atoms. The Labute approximate surface area is 176 Å². The number of amides is 1. The molecule has 0 saturated carbocycles. The first-order valence-electron chi connectivity index (χ1n) is 9.48. The normalized spacial score (nSPS) is 12.5. The number of halogens is 1. The Morgan fingerprint density at radius 1 is 1.28 bits per heavy atom. The Bertz CT molecular complexity index is 828. The van der Waals surface area contributed by atoms with Crippen molar-refractivity contribution in [3.05, 3.63) is 46.6 Å². The van der Waals surface area contributed by atoms with Crippen molar-refractivity contribution in [3.8, 4) is 5.88 Å². The minimum absolute atomic E-state index is 0.0682. The van der Waals surface area contributed by atoms with Crippen LogP contribution >= 0.6 is 11.6 Å². The first-order valence-corrected chi connectivity index (χ1v) is 9.86. The number of rotatable bonds is 8. The largest absolute Gasteiger partial charge is 0.471 e. The standard InChI is InChI=1S/C21H28ClN3O4/c1-14(2)16(23-20(27)29-21(3,4)5)11-25-17(12-26)18(22)19(24-25)28-13-15-9-7-6-8-10-15/h6-10,12,14,16H,11,13H2,1-5H3,(H,23,27)/t16-/m0/s1. The van der Waals surface area contributed by atoms with E-state index in [-0.39, 0.29) is 41.7 Å². The van der Waals surface area contributed by atoms with E-state index in [9.17, 15) is 9.59 Å². The highest BCUT2D eigenvalue weighted by Crippen LogP contribution is 2.27. The zero-order valence-corrected chi connectivity index (χ0v) is 18.2. The number of carbonyl (C=O) groups is 2. The Kier molecular flexibility index (Phi) is 7.67. The molecule has 0 unspecified atom stereocenters. The minimum Gasteiger partial charge on any atom is -0.471 e. The number of benzene rings is 1. The van der Waals surface area contributed by atoms with E-state index < -0.39 is 11.7 Å². The third-order valence-corrected chi connectivity index (χ3v) is 4.46. The van der Waals surface area contributed by atoms with Crippen LogP contribution in [0.5, 0.6) is 5.88 Å². The maximum atomic E-state index is 12.2. The highest BCUT2D eigenvalue weighted by molar-refractivity contribution is 6.34. The SMILES string of the molecule is CC(C)[C@H](Cn1nc(OCc2ccccc2)c(Cl)c1C=O)NC(=O)OC(C)(C)C. The van der Waals surface area contributed by atoms with Crippen LogP contribution in [-0.4, -0.2) is 33.8 Å². The molecule has 158 valence electrons. The second-order valence-electron chi connectivity index (χ2n) is 8.08. The van der Waals surface area contributed by atoms with Crippen molar-refractivity contribution in [2.75, 3.05) is 0 Å². The second kappa shape index (κ2) is 9.78. The zero-order valence-electron chi connectivity index (χ0n) is 17.4. The fraction of sp³-hybridized carbons (Fsp3) is 0.476. The van der Waals surface area contributed by atoms with Gasteiger partial charge in [-0.25, -0.2) is 4.79 Å². The molecule has 1 aromatic carbocycles. The van der Waals surface area contributed by atoms with E-state index in [0.29, 0.717) is 6.29 Å². The number of alkyl carbamates (subject to hydrolysis) is 1. The molecule has 0 aliphatic carbocycles. The van der Waals surface area contributed by atoms with Crippen LogP contribution in [0.25, 0.3) is 0 Å². The van der Waals surface area contributed by atoms with Crippen molar-refractivity contribution >= 4 is 24.0 Å². The van der Waals surface area contributed by atoms with Gasteiger partial charge in [0.05, 0.1) is 12.6 Å². The van der Waals surface area contributed by atoms with Crippen LogP contribution in [0.4, 0.5) is 4.79 Å². The lowest BCUT2D eigenvalue weighted by Crippen LogP contribution is -2.44. The maximum Gasteiger partial charge on any atom is 0.407 e. The molecule has 7 nitrogen and oxygen atoms in total. The molecule has 0 fully saturated rings. The molecule has 2 rings (SSSR count). The Balaban J connectivity index is 2.14. The van der Waals surface area contributed by atoms with Gasteiger partial charge in [-0.2, -0.15) is 0 Å². The van der Waals surface area contributed by atoms with Gasteiger partial charge in [0.2, 0.25) is 0 Å². The van der Waals surface area contributed by atoms with E-state index in [2.05, 4.69) is 10.4 Å². The summed E-state index contributed by atoms with van der Waals surface area (Å²) in [6, 6.07) is 9.26. The molecule has 8 heteroatoms. The van der Waals surface area contributed by atoms with Gasteiger partial charge < -0.3 is 14.8 Å². The lowest BCUT2D eigenvalue weighted by molar-refractivity contribution is 0.0482. The van der Waals surface area contributed by atoms with Crippen molar-refractivity contribution in [1.29, 1.82) is 0 Å². The number of aromatic nitrogens is 2. The highest BCUT2D eigenvalue weighted by Gasteiger charge is 2.25. The first kappa shape index (κ1) is 22.7. The third kappa shape index (κ3) is 6.78. The van der Waals surface area contributed by atoms with Gasteiger partial charge in [-0.3, -0.25) is 9.48 Å². The fourth-order valence-electron chi connectivity index (χ4n) is 2.57. The second-order valence-corrected chi connectivity index (χ2v) is 8.45. The lowest BCUT2D eigenvalue weighted by atomic mass is 10.0. The Morgan fingerprint density at radius 3 is 2.48 bits per heavy atom. The zero-order chi connectivity index (χ0) is 21.6. The Morgan fingerprint density at radius 2 is 1.93 bits per heavy atom. The molecule has 0 bridgehead atoms. The minimum atomic E-state index is -0.604. The average molecular weight is 422 g/mol. The molecule has 1 aromatic heterocycles. The predicted molar refractivity (Wildman–Crippen MR) is 111 cm³/mol. The summed E-state index contributed by atoms with van der Waals surface area (Å²) in [6.07, 6.45) is 0.109. The molecule has 2 aromatic rings. The summed E-state index contributed by atoms with van der Waals surface area (Å²) in [6.45, 7) is 9.83. The topological polar surface area (TPSA) is 82.5 Å². The van der Waals surface area contributed by atoms with Crippen molar-refractivity contribution in [2.45, 2.75) is 59.4 Å². The van der Waals surface area contributed by atoms with Crippen LogP contribution in [0.2, 0.25) is 5.02 Å². The number of aldehydes is 1. The number of nitrogens with one attached hydrogen (secondary N) is 1. The molecule has 0 spiro atoms. The summed E-state index contributed by atoms with van der Waals surface area (Å²) < 4.78 is 12.5. The van der Waals surface area contributed by atoms with E-state index in [1.165, 1.54) is 4.68 Å². The quantitative estimate of drug-likeness (QED) is 0.635. The van der Waals surface area contributed by atoms with Gasteiger partial charge in [0.1, 0.15) is 22.9 Å². The van der Waals surface area contributed by atoms with Gasteiger partial charge in [-0.15, -0.1) is 5.10 Å². The average Bonchev–Trinajstić information content (AvgIpc) is 2.93. The van der Waals surface area contributed by atoms with Crippen LogP contribution in [0.15, 0.2) is 30.3 Å². The third-order valence-electron chi connectivity index (χ3n) is 4.11. The summed E-state index contributed by atoms with van der Waals surface area (Å²) >= 11 is 6.30. The van der Waals surface area contributed by atoms with Crippen molar-refractivity contribution < 1.29 is 19.1 Å². The number of hydrogen-bond donors (Lipinski definition) is 1. The molecule has 1 heterocycles. The molecule has 0 aliphatic heterocycles. The first-order chi connectivity index (χ1) is 13.6. The predicted octanol–water partition coefficient (Wildman–Crippen LogP) is 4.48. The molecule has 1 N–H and O–H groups in total. The van der Waals surface area contributed by atoms with Crippen molar-refractivity contribution in [2.24, 2.45) is 5.92 Å². The van der Waals surface area contributed by atoms with Crippen LogP contribution in [0.3, 0.4) is 0 Å². The van der Waals surface area contributed by atoms with Gasteiger partial charge in [-0.05, 0) is 32.3 Å². The van der Waals surface area contributed by atoms with Crippen LogP contribution in [0, 0.1) is 5.92 Å². The van der Waals surface area contributed by atoms with Gasteiger partial charge in [-0.1, -0.05) is 55.8 Å². The van der Waals surface area contributed by atoms with Crippen LogP contribution < -0.4 is 10.1 Å². The maximum absolute atomic E-state index is 12.2. The lowest BCUT2D eigenvalue weighted by Gasteiger charge is -2.26. The molecule has 1 atom stereocenters. The van der Waals surface area contributed by atoms with E-state index in [4.69, 9.17) is 21.1 Å². The number of ether oxygens (including phenoxy) is 2. The van der Waals surface area contributed by atoms with Gasteiger partial charge in [0.25, 0.3) is 5.88 Å². The van der Waals surface area contributed by atoms with Crippen molar-refractivity contribution in [1.82, 2.24) is 15.1 Å². The van der Waals surface area contributed by atoms with Crippen LogP contribution in [-0.2, 0) is 17.9 Å². The molecule has 0 saturated heterocycles. The number of carbonyl (C=O) groups excluding carboxylic acids is 2. The smallest absolute Gasteiger partial charge is 0.407 e. The molecular weight excluding hydrogens is 394 g/mol. The summed E-state index contributed by atoms with van der Waals surface area (Å²) in [4.78, 5) is 23.8. The summed E-state index contributed by atoms with van der Waals surface area (Å²) in [5, 5.41) is 7.33. The number of nitrogens with zero attached hydrogens (tertiary/aromatic N) is 2. The van der Waals surface area contributed by atoms with Gasteiger partial charge in [0, 0.05) is 0 Å². The molecule has 1 amide bonds.